The molecule has 2 rings (SSSR count). The van der Waals surface area contributed by atoms with E-state index in [-0.39, 0.29) is 5.82 Å². The predicted molar refractivity (Wildman–Crippen MR) is 63.5 cm³/mol. The van der Waals surface area contributed by atoms with Gasteiger partial charge >= 0.3 is 0 Å². The van der Waals surface area contributed by atoms with Crippen LogP contribution in [-0.2, 0) is 0 Å². The Bertz CT molecular complexity index is 353. The molecule has 2 atom stereocenters. The molecule has 2 unspecified atom stereocenters. The molecular weight excluding hydrogens is 257 g/mol. The highest BCUT2D eigenvalue weighted by atomic mass is 79.9. The molecule has 0 heterocycles. The van der Waals surface area contributed by atoms with E-state index >= 15 is 0 Å². The van der Waals surface area contributed by atoms with E-state index in [0.717, 1.165) is 24.8 Å². The van der Waals surface area contributed by atoms with Crippen LogP contribution in [0.2, 0.25) is 0 Å². The van der Waals surface area contributed by atoms with E-state index in [4.69, 9.17) is 0 Å². The maximum atomic E-state index is 13.8. The summed E-state index contributed by atoms with van der Waals surface area (Å²) in [4.78, 5) is 0. The minimum Gasteiger partial charge on any atom is -0.317 e. The second kappa shape index (κ2) is 4.62. The highest BCUT2D eigenvalue weighted by Crippen LogP contribution is 2.37. The van der Waals surface area contributed by atoms with E-state index in [1.54, 1.807) is 6.07 Å². The van der Waals surface area contributed by atoms with E-state index in [1.807, 2.05) is 19.2 Å². The van der Waals surface area contributed by atoms with Crippen LogP contribution in [0.15, 0.2) is 22.7 Å². The van der Waals surface area contributed by atoms with Crippen LogP contribution >= 0.6 is 15.9 Å². The SMILES string of the molecule is CNC1CCC(c2cccc(Br)c2F)C1. The number of nitrogens with one attached hydrogen (secondary N) is 1. The minimum absolute atomic E-state index is 0.0840. The van der Waals surface area contributed by atoms with E-state index in [0.29, 0.717) is 16.4 Å². The van der Waals surface area contributed by atoms with Gasteiger partial charge in [-0.25, -0.2) is 4.39 Å². The van der Waals surface area contributed by atoms with Crippen LogP contribution in [0.1, 0.15) is 30.7 Å². The molecule has 0 bridgehead atoms. The van der Waals surface area contributed by atoms with Gasteiger partial charge in [0.25, 0.3) is 0 Å². The topological polar surface area (TPSA) is 12.0 Å². The Labute approximate surface area is 98.2 Å². The smallest absolute Gasteiger partial charge is 0.140 e. The first kappa shape index (κ1) is 11.1. The third kappa shape index (κ3) is 2.23. The number of halogens is 2. The summed E-state index contributed by atoms with van der Waals surface area (Å²) in [6.07, 6.45) is 3.27. The van der Waals surface area contributed by atoms with Crippen molar-refractivity contribution < 1.29 is 4.39 Å². The summed E-state index contributed by atoms with van der Waals surface area (Å²) in [5.74, 6) is 0.291. The second-order valence-electron chi connectivity index (χ2n) is 4.14. The molecular formula is C12H15BrFN. The lowest BCUT2D eigenvalue weighted by Crippen LogP contribution is -2.21. The molecule has 82 valence electrons. The quantitative estimate of drug-likeness (QED) is 0.869. The molecule has 0 spiro atoms. The Kier molecular flexibility index (Phi) is 3.42. The summed E-state index contributed by atoms with van der Waals surface area (Å²) in [6.45, 7) is 0. The maximum absolute atomic E-state index is 13.8. The molecule has 1 N–H and O–H groups in total. The van der Waals surface area contributed by atoms with Crippen LogP contribution in [0.4, 0.5) is 4.39 Å². The van der Waals surface area contributed by atoms with Gasteiger partial charge in [-0.2, -0.15) is 0 Å². The standard InChI is InChI=1S/C12H15BrFN/c1-15-9-6-5-8(7-9)10-3-2-4-11(13)12(10)14/h2-4,8-9,15H,5-7H2,1H3. The van der Waals surface area contributed by atoms with Crippen molar-refractivity contribution in [2.75, 3.05) is 7.05 Å². The summed E-state index contributed by atoms with van der Waals surface area (Å²) < 4.78 is 14.4. The zero-order valence-corrected chi connectivity index (χ0v) is 10.3. The van der Waals surface area contributed by atoms with Crippen molar-refractivity contribution in [3.63, 3.8) is 0 Å². The third-order valence-electron chi connectivity index (χ3n) is 3.26. The third-order valence-corrected chi connectivity index (χ3v) is 3.87. The van der Waals surface area contributed by atoms with Crippen molar-refractivity contribution in [3.05, 3.63) is 34.1 Å². The molecule has 1 nitrogen and oxygen atoms in total. The van der Waals surface area contributed by atoms with Crippen molar-refractivity contribution >= 4 is 15.9 Å². The summed E-state index contributed by atoms with van der Waals surface area (Å²) in [6, 6.07) is 6.12. The molecule has 1 aliphatic rings. The fraction of sp³-hybridized carbons (Fsp3) is 0.500. The highest BCUT2D eigenvalue weighted by Gasteiger charge is 2.26. The average molecular weight is 272 g/mol. The summed E-state index contributed by atoms with van der Waals surface area (Å²) in [5.41, 5.74) is 0.863. The Hall–Kier alpha value is -0.410. The van der Waals surface area contributed by atoms with Gasteiger partial charge in [-0.3, -0.25) is 0 Å². The van der Waals surface area contributed by atoms with E-state index in [2.05, 4.69) is 21.2 Å². The molecule has 1 fully saturated rings. The molecule has 0 amide bonds. The molecule has 1 aromatic rings. The molecule has 1 aromatic carbocycles. The number of hydrogen-bond acceptors (Lipinski definition) is 1. The van der Waals surface area contributed by atoms with Crippen LogP contribution in [0.25, 0.3) is 0 Å². The largest absolute Gasteiger partial charge is 0.317 e. The van der Waals surface area contributed by atoms with Crippen molar-refractivity contribution in [1.29, 1.82) is 0 Å². The zero-order chi connectivity index (χ0) is 10.8. The first-order chi connectivity index (χ1) is 7.22. The van der Waals surface area contributed by atoms with Gasteiger partial charge in [0.05, 0.1) is 4.47 Å². The first-order valence-corrected chi connectivity index (χ1v) is 6.13. The van der Waals surface area contributed by atoms with Gasteiger partial charge in [-0.05, 0) is 59.8 Å². The molecule has 1 aliphatic carbocycles. The highest BCUT2D eigenvalue weighted by molar-refractivity contribution is 9.10. The van der Waals surface area contributed by atoms with Crippen LogP contribution in [0.3, 0.4) is 0 Å². The van der Waals surface area contributed by atoms with Gasteiger partial charge < -0.3 is 5.32 Å². The van der Waals surface area contributed by atoms with Crippen molar-refractivity contribution in [1.82, 2.24) is 5.32 Å². The van der Waals surface area contributed by atoms with Gasteiger partial charge in [-0.15, -0.1) is 0 Å². The van der Waals surface area contributed by atoms with Crippen LogP contribution in [-0.4, -0.2) is 13.1 Å². The number of benzene rings is 1. The summed E-state index contributed by atoms with van der Waals surface area (Å²) >= 11 is 3.23. The Morgan fingerprint density at radius 1 is 1.40 bits per heavy atom. The predicted octanol–water partition coefficient (Wildman–Crippen LogP) is 3.44. The lowest BCUT2D eigenvalue weighted by Gasteiger charge is -2.12. The molecule has 15 heavy (non-hydrogen) atoms. The van der Waals surface area contributed by atoms with Crippen LogP contribution in [0.5, 0.6) is 0 Å². The second-order valence-corrected chi connectivity index (χ2v) is 4.99. The summed E-state index contributed by atoms with van der Waals surface area (Å²) in [7, 11) is 1.98. The Morgan fingerprint density at radius 3 is 2.87 bits per heavy atom. The average Bonchev–Trinajstić information content (AvgIpc) is 2.70. The first-order valence-electron chi connectivity index (χ1n) is 5.33. The molecule has 0 aliphatic heterocycles. The van der Waals surface area contributed by atoms with Crippen molar-refractivity contribution in [2.24, 2.45) is 0 Å². The van der Waals surface area contributed by atoms with Crippen molar-refractivity contribution in [3.8, 4) is 0 Å². The number of rotatable bonds is 2. The summed E-state index contributed by atoms with van der Waals surface area (Å²) in [5, 5.41) is 3.26. The van der Waals surface area contributed by atoms with Gasteiger partial charge in [-0.1, -0.05) is 12.1 Å². The Balaban J connectivity index is 2.20. The van der Waals surface area contributed by atoms with Crippen LogP contribution in [0, 0.1) is 5.82 Å². The molecule has 1 saturated carbocycles. The molecule has 0 radical (unpaired) electrons. The molecule has 0 saturated heterocycles. The minimum atomic E-state index is -0.0840. The van der Waals surface area contributed by atoms with Crippen molar-refractivity contribution in [2.45, 2.75) is 31.2 Å². The van der Waals surface area contributed by atoms with E-state index in [1.165, 1.54) is 0 Å². The normalized spacial score (nSPS) is 25.8. The van der Waals surface area contributed by atoms with Gasteiger partial charge in [0.2, 0.25) is 0 Å². The fourth-order valence-corrected chi connectivity index (χ4v) is 2.74. The maximum Gasteiger partial charge on any atom is 0.140 e. The van der Waals surface area contributed by atoms with E-state index < -0.39 is 0 Å². The number of hydrogen-bond donors (Lipinski definition) is 1. The Morgan fingerprint density at radius 2 is 2.20 bits per heavy atom. The van der Waals surface area contributed by atoms with Gasteiger partial charge in [0, 0.05) is 6.04 Å². The van der Waals surface area contributed by atoms with Gasteiger partial charge in [0.1, 0.15) is 5.82 Å². The van der Waals surface area contributed by atoms with Gasteiger partial charge in [0.15, 0.2) is 0 Å². The molecule has 0 aromatic heterocycles. The lowest BCUT2D eigenvalue weighted by molar-refractivity contribution is 0.550. The fourth-order valence-electron chi connectivity index (χ4n) is 2.36. The molecule has 3 heteroatoms. The van der Waals surface area contributed by atoms with Crippen LogP contribution < -0.4 is 5.32 Å². The lowest BCUT2D eigenvalue weighted by atomic mass is 9.97. The monoisotopic (exact) mass is 271 g/mol. The zero-order valence-electron chi connectivity index (χ0n) is 8.76. The van der Waals surface area contributed by atoms with E-state index in [9.17, 15) is 4.39 Å².